The fourth-order valence-corrected chi connectivity index (χ4v) is 3.91. The highest BCUT2D eigenvalue weighted by Gasteiger charge is 2.19. The van der Waals surface area contributed by atoms with Crippen molar-refractivity contribution >= 4 is 17.7 Å². The molecule has 0 fully saturated rings. The van der Waals surface area contributed by atoms with Crippen molar-refractivity contribution in [2.45, 2.75) is 38.1 Å². The Labute approximate surface area is 190 Å². The number of hydrogen-bond donors (Lipinski definition) is 1. The van der Waals surface area contributed by atoms with E-state index in [0.717, 1.165) is 17.7 Å². The standard InChI is InChI=1S/C23H25N5O3S/c1-15(2)9-10-24-22(29)18-13-31-20(25-18)14-32-23-27-26-21(19-8-5-11-30-19)28(23)17-7-4-6-16(3)12-17/h4-8,11-13,15H,9-10,14H2,1-3H3,(H,24,29). The van der Waals surface area contributed by atoms with Gasteiger partial charge in [0.15, 0.2) is 16.6 Å². The van der Waals surface area contributed by atoms with Crippen LogP contribution in [0, 0.1) is 12.8 Å². The van der Waals surface area contributed by atoms with Crippen LogP contribution in [-0.2, 0) is 5.75 Å². The van der Waals surface area contributed by atoms with E-state index in [0.29, 0.717) is 40.8 Å². The maximum atomic E-state index is 12.2. The van der Waals surface area contributed by atoms with E-state index in [1.165, 1.54) is 18.0 Å². The van der Waals surface area contributed by atoms with Gasteiger partial charge in [-0.3, -0.25) is 9.36 Å². The molecule has 3 aromatic heterocycles. The van der Waals surface area contributed by atoms with E-state index < -0.39 is 0 Å². The van der Waals surface area contributed by atoms with Gasteiger partial charge in [0.05, 0.1) is 17.7 Å². The maximum Gasteiger partial charge on any atom is 0.273 e. The van der Waals surface area contributed by atoms with Crippen LogP contribution in [0.25, 0.3) is 17.3 Å². The molecule has 0 atom stereocenters. The minimum Gasteiger partial charge on any atom is -0.461 e. The van der Waals surface area contributed by atoms with Gasteiger partial charge in [-0.15, -0.1) is 10.2 Å². The number of carbonyl (C=O) groups is 1. The minimum absolute atomic E-state index is 0.228. The predicted molar refractivity (Wildman–Crippen MR) is 122 cm³/mol. The van der Waals surface area contributed by atoms with Gasteiger partial charge in [0.25, 0.3) is 5.91 Å². The van der Waals surface area contributed by atoms with Gasteiger partial charge in [0.2, 0.25) is 11.7 Å². The molecule has 0 unspecified atom stereocenters. The Bertz CT molecular complexity index is 1180. The van der Waals surface area contributed by atoms with Crippen molar-refractivity contribution in [3.63, 3.8) is 0 Å². The number of carbonyl (C=O) groups excluding carboxylic acids is 1. The van der Waals surface area contributed by atoms with E-state index in [9.17, 15) is 4.79 Å². The van der Waals surface area contributed by atoms with Crippen LogP contribution in [0.15, 0.2) is 62.9 Å². The van der Waals surface area contributed by atoms with Gasteiger partial charge in [-0.05, 0) is 49.1 Å². The monoisotopic (exact) mass is 451 g/mol. The molecule has 0 spiro atoms. The van der Waals surface area contributed by atoms with E-state index in [1.54, 1.807) is 6.26 Å². The number of amides is 1. The first-order valence-electron chi connectivity index (χ1n) is 10.4. The van der Waals surface area contributed by atoms with E-state index in [4.69, 9.17) is 8.83 Å². The Hall–Kier alpha value is -3.33. The molecule has 0 radical (unpaired) electrons. The lowest BCUT2D eigenvalue weighted by Crippen LogP contribution is -2.25. The van der Waals surface area contributed by atoms with Gasteiger partial charge in [-0.25, -0.2) is 4.98 Å². The molecule has 0 aliphatic carbocycles. The quantitative estimate of drug-likeness (QED) is 0.362. The Morgan fingerprint density at radius 3 is 2.81 bits per heavy atom. The molecule has 0 saturated heterocycles. The van der Waals surface area contributed by atoms with Crippen molar-refractivity contribution in [2.24, 2.45) is 5.92 Å². The van der Waals surface area contributed by atoms with Gasteiger partial charge < -0.3 is 14.2 Å². The Morgan fingerprint density at radius 1 is 1.19 bits per heavy atom. The van der Waals surface area contributed by atoms with Crippen LogP contribution in [0.4, 0.5) is 0 Å². The summed E-state index contributed by atoms with van der Waals surface area (Å²) in [5, 5.41) is 12.2. The lowest BCUT2D eigenvalue weighted by atomic mass is 10.1. The predicted octanol–water partition coefficient (Wildman–Crippen LogP) is 4.89. The summed E-state index contributed by atoms with van der Waals surface area (Å²) in [6.45, 7) is 6.88. The zero-order chi connectivity index (χ0) is 22.5. The number of nitrogens with zero attached hydrogens (tertiary/aromatic N) is 4. The van der Waals surface area contributed by atoms with E-state index in [-0.39, 0.29) is 11.6 Å². The second-order valence-corrected chi connectivity index (χ2v) is 8.75. The minimum atomic E-state index is -0.228. The normalized spacial score (nSPS) is 11.2. The highest BCUT2D eigenvalue weighted by atomic mass is 32.2. The molecule has 9 heteroatoms. The molecule has 0 aliphatic rings. The van der Waals surface area contributed by atoms with Crippen molar-refractivity contribution in [1.29, 1.82) is 0 Å². The molecule has 8 nitrogen and oxygen atoms in total. The number of rotatable bonds is 9. The summed E-state index contributed by atoms with van der Waals surface area (Å²) in [5.74, 6) is 2.39. The summed E-state index contributed by atoms with van der Waals surface area (Å²) in [6.07, 6.45) is 3.91. The third-order valence-corrected chi connectivity index (χ3v) is 5.66. The first kappa shape index (κ1) is 21.9. The molecule has 0 bridgehead atoms. The highest BCUT2D eigenvalue weighted by Crippen LogP contribution is 2.30. The van der Waals surface area contributed by atoms with Crippen molar-refractivity contribution in [2.75, 3.05) is 6.54 Å². The lowest BCUT2D eigenvalue weighted by Gasteiger charge is -2.09. The fraction of sp³-hybridized carbons (Fsp3) is 0.304. The van der Waals surface area contributed by atoms with Crippen LogP contribution in [0.1, 0.15) is 42.2 Å². The molecular formula is C23H25N5O3S. The van der Waals surface area contributed by atoms with E-state index in [2.05, 4.69) is 40.4 Å². The summed E-state index contributed by atoms with van der Waals surface area (Å²) >= 11 is 1.43. The molecule has 4 rings (SSSR count). The number of nitrogens with one attached hydrogen (secondary N) is 1. The molecule has 1 amide bonds. The number of furan rings is 1. The second-order valence-electron chi connectivity index (χ2n) is 7.81. The zero-order valence-corrected chi connectivity index (χ0v) is 19.1. The fourth-order valence-electron chi connectivity index (χ4n) is 3.10. The van der Waals surface area contributed by atoms with Crippen LogP contribution in [0.5, 0.6) is 0 Å². The second kappa shape index (κ2) is 9.86. The molecule has 1 aromatic carbocycles. The van der Waals surface area contributed by atoms with Gasteiger partial charge in [0, 0.05) is 6.54 Å². The van der Waals surface area contributed by atoms with E-state index in [1.807, 2.05) is 41.8 Å². The third-order valence-electron chi connectivity index (χ3n) is 4.75. The molecule has 0 aliphatic heterocycles. The number of thioether (sulfide) groups is 1. The van der Waals surface area contributed by atoms with Crippen molar-refractivity contribution in [1.82, 2.24) is 25.1 Å². The number of hydrogen-bond acceptors (Lipinski definition) is 7. The van der Waals surface area contributed by atoms with Gasteiger partial charge >= 0.3 is 0 Å². The van der Waals surface area contributed by atoms with Crippen LogP contribution >= 0.6 is 11.8 Å². The average Bonchev–Trinajstić information content (AvgIpc) is 3.52. The Kier molecular flexibility index (Phi) is 6.75. The van der Waals surface area contributed by atoms with Crippen LogP contribution < -0.4 is 5.32 Å². The Balaban J connectivity index is 1.51. The largest absolute Gasteiger partial charge is 0.461 e. The molecule has 0 saturated carbocycles. The van der Waals surface area contributed by atoms with Crippen LogP contribution in [-0.4, -0.2) is 32.2 Å². The topological polar surface area (TPSA) is 99.0 Å². The van der Waals surface area contributed by atoms with Gasteiger partial charge in [-0.1, -0.05) is 37.7 Å². The molecule has 3 heterocycles. The van der Waals surface area contributed by atoms with Crippen LogP contribution in [0.2, 0.25) is 0 Å². The summed E-state index contributed by atoms with van der Waals surface area (Å²) < 4.78 is 13.0. The molecule has 166 valence electrons. The molecule has 32 heavy (non-hydrogen) atoms. The number of aryl methyl sites for hydroxylation is 1. The smallest absolute Gasteiger partial charge is 0.273 e. The Morgan fingerprint density at radius 2 is 2.06 bits per heavy atom. The molecular weight excluding hydrogens is 426 g/mol. The maximum absolute atomic E-state index is 12.2. The summed E-state index contributed by atoms with van der Waals surface area (Å²) in [7, 11) is 0. The SMILES string of the molecule is Cc1cccc(-n2c(SCc3nc(C(=O)NCCC(C)C)co3)nnc2-c2ccco2)c1. The summed E-state index contributed by atoms with van der Waals surface area (Å²) in [6, 6.07) is 11.8. The first-order chi connectivity index (χ1) is 15.5. The summed E-state index contributed by atoms with van der Waals surface area (Å²) in [5.41, 5.74) is 2.33. The zero-order valence-electron chi connectivity index (χ0n) is 18.2. The lowest BCUT2D eigenvalue weighted by molar-refractivity contribution is 0.0947. The van der Waals surface area contributed by atoms with Gasteiger partial charge in [-0.2, -0.15) is 0 Å². The van der Waals surface area contributed by atoms with Crippen molar-refractivity contribution in [3.8, 4) is 17.3 Å². The number of oxazole rings is 1. The number of aromatic nitrogens is 4. The van der Waals surface area contributed by atoms with Gasteiger partial charge in [0.1, 0.15) is 6.26 Å². The number of benzene rings is 1. The van der Waals surface area contributed by atoms with Crippen molar-refractivity contribution < 1.29 is 13.6 Å². The average molecular weight is 452 g/mol. The van der Waals surface area contributed by atoms with E-state index >= 15 is 0 Å². The molecule has 1 N–H and O–H groups in total. The first-order valence-corrected chi connectivity index (χ1v) is 11.4. The highest BCUT2D eigenvalue weighted by molar-refractivity contribution is 7.98. The molecule has 4 aromatic rings. The third kappa shape index (κ3) is 5.11. The summed E-state index contributed by atoms with van der Waals surface area (Å²) in [4.78, 5) is 16.6. The van der Waals surface area contributed by atoms with Crippen molar-refractivity contribution in [3.05, 3.63) is 66.1 Å². The van der Waals surface area contributed by atoms with Crippen LogP contribution in [0.3, 0.4) is 0 Å².